The molecule has 2 N–H and O–H groups in total. The number of halogens is 1. The zero-order valence-electron chi connectivity index (χ0n) is 15.5. The predicted molar refractivity (Wildman–Crippen MR) is 109 cm³/mol. The number of rotatable bonds is 6. The Morgan fingerprint density at radius 2 is 1.71 bits per heavy atom. The number of benzene rings is 2. The lowest BCUT2D eigenvalue weighted by Crippen LogP contribution is -2.06. The van der Waals surface area contributed by atoms with E-state index in [1.165, 1.54) is 13.4 Å². The minimum atomic E-state index is -0.536. The summed E-state index contributed by atoms with van der Waals surface area (Å²) in [5.41, 5.74) is 2.92. The molecule has 0 amide bonds. The average molecular weight is 400 g/mol. The van der Waals surface area contributed by atoms with E-state index in [0.29, 0.717) is 16.5 Å². The van der Waals surface area contributed by atoms with Crippen LogP contribution in [0, 0.1) is 24.0 Å². The van der Waals surface area contributed by atoms with Crippen molar-refractivity contribution in [3.8, 4) is 5.75 Å². The highest BCUT2D eigenvalue weighted by atomic mass is 35.5. The molecule has 0 aliphatic rings. The van der Waals surface area contributed by atoms with Crippen LogP contribution in [0.25, 0.3) is 0 Å². The maximum Gasteiger partial charge on any atom is 0.353 e. The zero-order chi connectivity index (χ0) is 20.3. The Balaban J connectivity index is 2.03. The maximum atomic E-state index is 11.8. The first-order chi connectivity index (χ1) is 13.4. The Bertz CT molecular complexity index is 1040. The molecule has 144 valence electrons. The molecule has 8 nitrogen and oxygen atoms in total. The summed E-state index contributed by atoms with van der Waals surface area (Å²) in [5.74, 6) is 0.574. The van der Waals surface area contributed by atoms with E-state index < -0.39 is 4.92 Å². The Kier molecular flexibility index (Phi) is 5.60. The van der Waals surface area contributed by atoms with Crippen molar-refractivity contribution >= 4 is 40.3 Å². The summed E-state index contributed by atoms with van der Waals surface area (Å²) in [5, 5.41) is 18.2. The highest BCUT2D eigenvalue weighted by molar-refractivity contribution is 6.31. The summed E-state index contributed by atoms with van der Waals surface area (Å²) in [6.45, 7) is 3.89. The average Bonchev–Trinajstić information content (AvgIpc) is 2.64. The number of aromatic nitrogens is 2. The second-order valence-corrected chi connectivity index (χ2v) is 6.53. The van der Waals surface area contributed by atoms with Crippen molar-refractivity contribution in [2.45, 2.75) is 13.8 Å². The van der Waals surface area contributed by atoms with Gasteiger partial charge in [0, 0.05) is 10.7 Å². The summed E-state index contributed by atoms with van der Waals surface area (Å²) in [6.07, 6.45) is 1.25. The fourth-order valence-electron chi connectivity index (χ4n) is 2.72. The molecular weight excluding hydrogens is 382 g/mol. The number of hydrogen-bond acceptors (Lipinski definition) is 7. The predicted octanol–water partition coefficient (Wildman–Crippen LogP) is 5.15. The van der Waals surface area contributed by atoms with Crippen molar-refractivity contribution < 1.29 is 9.66 Å². The molecule has 0 aliphatic carbocycles. The Morgan fingerprint density at radius 1 is 1.04 bits per heavy atom. The van der Waals surface area contributed by atoms with Gasteiger partial charge in [-0.3, -0.25) is 10.1 Å². The van der Waals surface area contributed by atoms with Crippen LogP contribution in [0.5, 0.6) is 5.75 Å². The van der Waals surface area contributed by atoms with Gasteiger partial charge in [-0.1, -0.05) is 29.3 Å². The van der Waals surface area contributed by atoms with Crippen molar-refractivity contribution in [3.05, 3.63) is 69.0 Å². The molecule has 0 bridgehead atoms. The highest BCUT2D eigenvalue weighted by Crippen LogP contribution is 2.36. The third kappa shape index (κ3) is 4.12. The summed E-state index contributed by atoms with van der Waals surface area (Å²) in [7, 11) is 1.50. The van der Waals surface area contributed by atoms with E-state index in [1.807, 2.05) is 32.0 Å². The normalized spacial score (nSPS) is 10.4. The summed E-state index contributed by atoms with van der Waals surface area (Å²) >= 11 is 6.04. The van der Waals surface area contributed by atoms with Gasteiger partial charge in [-0.15, -0.1) is 0 Å². The van der Waals surface area contributed by atoms with Gasteiger partial charge in [-0.25, -0.2) is 9.97 Å². The number of anilines is 4. The van der Waals surface area contributed by atoms with Crippen LogP contribution in [0.3, 0.4) is 0 Å². The monoisotopic (exact) mass is 399 g/mol. The number of aryl methyl sites for hydroxylation is 2. The largest absolute Gasteiger partial charge is 0.495 e. The molecule has 28 heavy (non-hydrogen) atoms. The van der Waals surface area contributed by atoms with E-state index in [9.17, 15) is 10.1 Å². The number of nitrogens with one attached hydrogen (secondary N) is 2. The molecule has 0 saturated heterocycles. The fraction of sp³-hybridized carbons (Fsp3) is 0.158. The minimum Gasteiger partial charge on any atom is -0.495 e. The van der Waals surface area contributed by atoms with Gasteiger partial charge in [0.2, 0.25) is 11.6 Å². The first-order valence-electron chi connectivity index (χ1n) is 8.33. The molecule has 1 aromatic heterocycles. The van der Waals surface area contributed by atoms with Crippen LogP contribution < -0.4 is 15.4 Å². The Hall–Kier alpha value is -3.39. The van der Waals surface area contributed by atoms with E-state index in [0.717, 1.165) is 16.8 Å². The van der Waals surface area contributed by atoms with E-state index in [1.54, 1.807) is 18.2 Å². The van der Waals surface area contributed by atoms with Gasteiger partial charge < -0.3 is 15.4 Å². The number of methoxy groups -OCH3 is 1. The first kappa shape index (κ1) is 19.4. The second-order valence-electron chi connectivity index (χ2n) is 6.09. The molecule has 1 heterocycles. The highest BCUT2D eigenvalue weighted by Gasteiger charge is 2.24. The van der Waals surface area contributed by atoms with Crippen molar-refractivity contribution in [1.82, 2.24) is 9.97 Å². The Morgan fingerprint density at radius 3 is 2.32 bits per heavy atom. The topological polar surface area (TPSA) is 102 Å². The number of hydrogen-bond donors (Lipinski definition) is 2. The molecule has 0 radical (unpaired) electrons. The lowest BCUT2D eigenvalue weighted by atomic mass is 10.1. The van der Waals surface area contributed by atoms with Crippen LogP contribution in [0.1, 0.15) is 11.1 Å². The SMILES string of the molecule is COc1ccc(Cl)cc1Nc1ncnc(Nc2ccc(C)cc2C)c1[N+](=O)[O-]. The molecule has 0 fully saturated rings. The van der Waals surface area contributed by atoms with Crippen molar-refractivity contribution in [3.63, 3.8) is 0 Å². The lowest BCUT2D eigenvalue weighted by molar-refractivity contribution is -0.383. The molecule has 0 aliphatic heterocycles. The van der Waals surface area contributed by atoms with Gasteiger partial charge in [0.1, 0.15) is 12.1 Å². The van der Waals surface area contributed by atoms with Crippen molar-refractivity contribution in [1.29, 1.82) is 0 Å². The minimum absolute atomic E-state index is 0.0211. The summed E-state index contributed by atoms with van der Waals surface area (Å²) in [4.78, 5) is 19.3. The summed E-state index contributed by atoms with van der Waals surface area (Å²) in [6, 6.07) is 10.7. The van der Waals surface area contributed by atoms with Gasteiger partial charge in [-0.05, 0) is 43.7 Å². The van der Waals surface area contributed by atoms with Gasteiger partial charge in [0.15, 0.2) is 0 Å². The first-order valence-corrected chi connectivity index (χ1v) is 8.71. The molecule has 3 rings (SSSR count). The van der Waals surface area contributed by atoms with E-state index in [2.05, 4.69) is 20.6 Å². The molecule has 0 unspecified atom stereocenters. The fourth-order valence-corrected chi connectivity index (χ4v) is 2.89. The van der Waals surface area contributed by atoms with Crippen LogP contribution in [-0.2, 0) is 0 Å². The van der Waals surface area contributed by atoms with Crippen LogP contribution >= 0.6 is 11.6 Å². The molecule has 0 spiro atoms. The van der Waals surface area contributed by atoms with Gasteiger partial charge in [0.05, 0.1) is 17.7 Å². The Labute approximate surface area is 166 Å². The van der Waals surface area contributed by atoms with E-state index in [4.69, 9.17) is 16.3 Å². The lowest BCUT2D eigenvalue weighted by Gasteiger charge is -2.13. The van der Waals surface area contributed by atoms with Gasteiger partial charge in [0.25, 0.3) is 0 Å². The molecular formula is C19H18ClN5O3. The second kappa shape index (κ2) is 8.10. The summed E-state index contributed by atoms with van der Waals surface area (Å²) < 4.78 is 5.28. The third-order valence-electron chi connectivity index (χ3n) is 4.05. The maximum absolute atomic E-state index is 11.8. The van der Waals surface area contributed by atoms with Gasteiger partial charge >= 0.3 is 5.69 Å². The van der Waals surface area contributed by atoms with Crippen LogP contribution in [0.15, 0.2) is 42.7 Å². The third-order valence-corrected chi connectivity index (χ3v) is 4.29. The number of ether oxygens (including phenoxy) is 1. The molecule has 0 atom stereocenters. The van der Waals surface area contributed by atoms with Crippen LogP contribution in [0.2, 0.25) is 5.02 Å². The van der Waals surface area contributed by atoms with Crippen LogP contribution in [0.4, 0.5) is 28.7 Å². The molecule has 3 aromatic rings. The van der Waals surface area contributed by atoms with Crippen molar-refractivity contribution in [2.75, 3.05) is 17.7 Å². The number of nitrogens with zero attached hydrogens (tertiary/aromatic N) is 3. The number of nitro groups is 1. The standard InChI is InChI=1S/C19H18ClN5O3/c1-11-4-6-14(12(2)8-11)23-18-17(25(26)27)19(22-10-21-18)24-15-9-13(20)5-7-16(15)28-3/h4-10H,1-3H3,(H2,21,22,23,24). The quantitative estimate of drug-likeness (QED) is 0.436. The van der Waals surface area contributed by atoms with E-state index >= 15 is 0 Å². The van der Waals surface area contributed by atoms with Crippen LogP contribution in [-0.4, -0.2) is 22.0 Å². The van der Waals surface area contributed by atoms with Crippen molar-refractivity contribution in [2.24, 2.45) is 0 Å². The molecule has 0 saturated carbocycles. The molecule has 2 aromatic carbocycles. The van der Waals surface area contributed by atoms with E-state index in [-0.39, 0.29) is 17.3 Å². The smallest absolute Gasteiger partial charge is 0.353 e. The van der Waals surface area contributed by atoms with Gasteiger partial charge in [-0.2, -0.15) is 0 Å². The molecule has 9 heteroatoms. The zero-order valence-corrected chi connectivity index (χ0v) is 16.2.